The van der Waals surface area contributed by atoms with Crippen LogP contribution in [0.4, 0.5) is 4.39 Å². The quantitative estimate of drug-likeness (QED) is 0.787. The minimum absolute atomic E-state index is 0.0618. The molecule has 1 fully saturated rings. The maximum atomic E-state index is 13.4. The van der Waals surface area contributed by atoms with Crippen molar-refractivity contribution in [2.24, 2.45) is 0 Å². The molecule has 0 spiro atoms. The molecule has 0 unspecified atom stereocenters. The van der Waals surface area contributed by atoms with Crippen molar-refractivity contribution >= 4 is 21.8 Å². The Balaban J connectivity index is 1.78. The first kappa shape index (κ1) is 20.0. The van der Waals surface area contributed by atoms with Crippen LogP contribution in [0, 0.1) is 5.82 Å². The second-order valence-electron chi connectivity index (χ2n) is 6.47. The van der Waals surface area contributed by atoms with Gasteiger partial charge in [-0.15, -0.1) is 0 Å². The van der Waals surface area contributed by atoms with Crippen LogP contribution in [-0.4, -0.2) is 44.2 Å². The number of nitrogens with zero attached hydrogens (tertiary/aromatic N) is 1. The lowest BCUT2D eigenvalue weighted by atomic mass is 10.1. The average molecular weight is 405 g/mol. The Labute approximate surface area is 162 Å². The van der Waals surface area contributed by atoms with E-state index in [-0.39, 0.29) is 36.0 Å². The summed E-state index contributed by atoms with van der Waals surface area (Å²) in [4.78, 5) is 24.0. The predicted octanol–water partition coefficient (Wildman–Crippen LogP) is 1.44. The molecule has 1 aliphatic rings. The van der Waals surface area contributed by atoms with Crippen molar-refractivity contribution in [3.05, 3.63) is 65.5 Å². The van der Waals surface area contributed by atoms with Gasteiger partial charge in [0.05, 0.1) is 17.5 Å². The second kappa shape index (κ2) is 8.07. The van der Waals surface area contributed by atoms with Gasteiger partial charge in [-0.05, 0) is 42.8 Å². The van der Waals surface area contributed by atoms with Crippen LogP contribution in [0.1, 0.15) is 28.9 Å². The molecule has 9 heteroatoms. The van der Waals surface area contributed by atoms with Crippen molar-refractivity contribution in [3.8, 4) is 0 Å². The number of amides is 2. The average Bonchev–Trinajstić information content (AvgIpc) is 2.68. The summed E-state index contributed by atoms with van der Waals surface area (Å²) in [7, 11) is -3.89. The molecule has 2 amide bonds. The molecule has 2 aromatic rings. The molecule has 0 aromatic heterocycles. The van der Waals surface area contributed by atoms with Crippen molar-refractivity contribution in [2.45, 2.75) is 17.9 Å². The van der Waals surface area contributed by atoms with E-state index in [1.165, 1.54) is 36.4 Å². The monoisotopic (exact) mass is 405 g/mol. The summed E-state index contributed by atoms with van der Waals surface area (Å²) >= 11 is 0. The molecule has 148 valence electrons. The Kier molecular flexibility index (Phi) is 5.76. The Morgan fingerprint density at radius 2 is 1.96 bits per heavy atom. The Morgan fingerprint density at radius 1 is 1.21 bits per heavy atom. The first-order valence-electron chi connectivity index (χ1n) is 8.70. The summed E-state index contributed by atoms with van der Waals surface area (Å²) in [5.41, 5.74) is 0.752. The first-order valence-corrected chi connectivity index (χ1v) is 10.1. The number of hydrogen-bond acceptors (Lipinski definition) is 4. The van der Waals surface area contributed by atoms with Gasteiger partial charge in [0.1, 0.15) is 5.82 Å². The zero-order valence-corrected chi connectivity index (χ0v) is 16.0. The van der Waals surface area contributed by atoms with E-state index in [0.29, 0.717) is 5.56 Å². The number of benzene rings is 2. The van der Waals surface area contributed by atoms with Gasteiger partial charge in [0.25, 0.3) is 5.91 Å². The number of nitrogens with one attached hydrogen (secondary N) is 2. The summed E-state index contributed by atoms with van der Waals surface area (Å²) in [6.45, 7) is 1.86. The maximum absolute atomic E-state index is 13.4. The van der Waals surface area contributed by atoms with Crippen molar-refractivity contribution in [2.75, 3.05) is 19.6 Å². The van der Waals surface area contributed by atoms with Gasteiger partial charge in [-0.1, -0.05) is 18.2 Å². The van der Waals surface area contributed by atoms with Crippen LogP contribution in [0.15, 0.2) is 53.4 Å². The predicted molar refractivity (Wildman–Crippen MR) is 100 cm³/mol. The minimum atomic E-state index is -3.89. The fourth-order valence-electron chi connectivity index (χ4n) is 2.91. The molecule has 3 rings (SSSR count). The second-order valence-corrected chi connectivity index (χ2v) is 8.40. The van der Waals surface area contributed by atoms with Gasteiger partial charge in [0, 0.05) is 18.7 Å². The molecule has 1 saturated heterocycles. The third kappa shape index (κ3) is 4.37. The number of piperazine rings is 1. The molecule has 28 heavy (non-hydrogen) atoms. The zero-order chi connectivity index (χ0) is 20.3. The molecule has 0 bridgehead atoms. The van der Waals surface area contributed by atoms with Crippen molar-refractivity contribution < 1.29 is 22.4 Å². The molecule has 2 N–H and O–H groups in total. The van der Waals surface area contributed by atoms with Gasteiger partial charge in [-0.2, -0.15) is 4.31 Å². The van der Waals surface area contributed by atoms with Crippen LogP contribution in [0.5, 0.6) is 0 Å². The third-order valence-electron chi connectivity index (χ3n) is 4.43. The molecule has 1 atom stereocenters. The van der Waals surface area contributed by atoms with Gasteiger partial charge < -0.3 is 10.6 Å². The lowest BCUT2D eigenvalue weighted by molar-refractivity contribution is -0.122. The lowest BCUT2D eigenvalue weighted by Crippen LogP contribution is -2.49. The van der Waals surface area contributed by atoms with Crippen molar-refractivity contribution in [3.63, 3.8) is 0 Å². The summed E-state index contributed by atoms with van der Waals surface area (Å²) < 4.78 is 40.0. The van der Waals surface area contributed by atoms with E-state index < -0.39 is 27.8 Å². The van der Waals surface area contributed by atoms with E-state index in [0.717, 1.165) is 4.31 Å². The number of rotatable bonds is 5. The molecule has 7 nitrogen and oxygen atoms in total. The standard InChI is InChI=1S/C19H20FN3O4S/c1-13(14-4-2-6-16(20)10-14)22-19(25)15-5-3-7-17(11-15)28(26,27)23-9-8-21-18(24)12-23/h2-7,10-11,13H,8-9,12H2,1H3,(H,21,24)(H,22,25)/t13-/m1/s1. The summed E-state index contributed by atoms with van der Waals surface area (Å²) in [6.07, 6.45) is 0. The largest absolute Gasteiger partial charge is 0.354 e. The number of hydrogen-bond donors (Lipinski definition) is 2. The maximum Gasteiger partial charge on any atom is 0.251 e. The topological polar surface area (TPSA) is 95.6 Å². The van der Waals surface area contributed by atoms with Crippen molar-refractivity contribution in [1.29, 1.82) is 0 Å². The van der Waals surface area contributed by atoms with E-state index in [1.807, 2.05) is 0 Å². The summed E-state index contributed by atoms with van der Waals surface area (Å²) in [6, 6.07) is 11.0. The third-order valence-corrected chi connectivity index (χ3v) is 6.27. The van der Waals surface area contributed by atoms with Crippen LogP contribution in [0.2, 0.25) is 0 Å². The summed E-state index contributed by atoms with van der Waals surface area (Å²) in [5.74, 6) is -1.25. The highest BCUT2D eigenvalue weighted by Crippen LogP contribution is 2.19. The normalized spacial score (nSPS) is 16.3. The van der Waals surface area contributed by atoms with E-state index in [1.54, 1.807) is 19.1 Å². The van der Waals surface area contributed by atoms with Gasteiger partial charge in [0.15, 0.2) is 0 Å². The van der Waals surface area contributed by atoms with Crippen LogP contribution >= 0.6 is 0 Å². The van der Waals surface area contributed by atoms with E-state index in [4.69, 9.17) is 0 Å². The molecule has 1 aliphatic heterocycles. The SMILES string of the molecule is C[C@@H](NC(=O)c1cccc(S(=O)(=O)N2CCNC(=O)C2)c1)c1cccc(F)c1. The smallest absolute Gasteiger partial charge is 0.251 e. The van der Waals surface area contributed by atoms with Crippen LogP contribution in [0.25, 0.3) is 0 Å². The Bertz CT molecular complexity index is 1010. The number of sulfonamides is 1. The highest BCUT2D eigenvalue weighted by Gasteiger charge is 2.29. The number of carbonyl (C=O) groups is 2. The van der Waals surface area contributed by atoms with Gasteiger partial charge >= 0.3 is 0 Å². The lowest BCUT2D eigenvalue weighted by Gasteiger charge is -2.26. The van der Waals surface area contributed by atoms with E-state index >= 15 is 0 Å². The Morgan fingerprint density at radius 3 is 2.68 bits per heavy atom. The van der Waals surface area contributed by atoms with E-state index in [2.05, 4.69) is 10.6 Å². The Hall–Kier alpha value is -2.78. The zero-order valence-electron chi connectivity index (χ0n) is 15.2. The number of halogens is 1. The highest BCUT2D eigenvalue weighted by atomic mass is 32.2. The minimum Gasteiger partial charge on any atom is -0.354 e. The highest BCUT2D eigenvalue weighted by molar-refractivity contribution is 7.89. The van der Waals surface area contributed by atoms with Crippen LogP contribution in [-0.2, 0) is 14.8 Å². The molecule has 2 aromatic carbocycles. The molecule has 0 aliphatic carbocycles. The molecule has 0 saturated carbocycles. The molecule has 0 radical (unpaired) electrons. The van der Waals surface area contributed by atoms with Crippen molar-refractivity contribution in [1.82, 2.24) is 14.9 Å². The molecular formula is C19H20FN3O4S. The molecule has 1 heterocycles. The van der Waals surface area contributed by atoms with Crippen LogP contribution < -0.4 is 10.6 Å². The van der Waals surface area contributed by atoms with Gasteiger partial charge in [0.2, 0.25) is 15.9 Å². The van der Waals surface area contributed by atoms with Gasteiger partial charge in [-0.25, -0.2) is 12.8 Å². The fourth-order valence-corrected chi connectivity index (χ4v) is 4.35. The summed E-state index contributed by atoms with van der Waals surface area (Å²) in [5, 5.41) is 5.30. The molecular weight excluding hydrogens is 385 g/mol. The van der Waals surface area contributed by atoms with Gasteiger partial charge in [-0.3, -0.25) is 9.59 Å². The first-order chi connectivity index (χ1) is 13.3. The number of carbonyl (C=O) groups excluding carboxylic acids is 2. The van der Waals surface area contributed by atoms with E-state index in [9.17, 15) is 22.4 Å². The van der Waals surface area contributed by atoms with Crippen LogP contribution in [0.3, 0.4) is 0 Å². The fraction of sp³-hybridized carbons (Fsp3) is 0.263.